The van der Waals surface area contributed by atoms with E-state index in [1.165, 1.54) is 18.2 Å². The van der Waals surface area contributed by atoms with Gasteiger partial charge in [0.15, 0.2) is 0 Å². The SMILES string of the molecule is CNCCC(=O)N(Cc1ccc(-c2ccccc2C(F)(F)F)o1)C1CC1.Cl. The molecule has 2 aromatic rings. The van der Waals surface area contributed by atoms with Gasteiger partial charge in [0, 0.05) is 24.6 Å². The van der Waals surface area contributed by atoms with Crippen molar-refractivity contribution in [3.63, 3.8) is 0 Å². The van der Waals surface area contributed by atoms with Crippen LogP contribution in [0.3, 0.4) is 0 Å². The highest BCUT2D eigenvalue weighted by Crippen LogP contribution is 2.38. The van der Waals surface area contributed by atoms with Gasteiger partial charge in [-0.15, -0.1) is 12.4 Å². The standard InChI is InChI=1S/C19H21F3N2O2.ClH/c1-23-11-10-18(25)24(13-6-7-13)12-14-8-9-17(26-14)15-4-2-3-5-16(15)19(20,21)22;/h2-5,8-9,13,23H,6-7,10-12H2,1H3;1H. The van der Waals surface area contributed by atoms with E-state index in [0.717, 1.165) is 18.9 Å². The Hall–Kier alpha value is -1.99. The summed E-state index contributed by atoms with van der Waals surface area (Å²) < 4.78 is 45.2. The van der Waals surface area contributed by atoms with Crippen molar-refractivity contribution in [1.29, 1.82) is 0 Å². The molecule has 1 aromatic heterocycles. The minimum Gasteiger partial charge on any atom is -0.459 e. The maximum atomic E-state index is 13.2. The van der Waals surface area contributed by atoms with Crippen molar-refractivity contribution in [1.82, 2.24) is 10.2 Å². The van der Waals surface area contributed by atoms with Gasteiger partial charge in [-0.2, -0.15) is 13.2 Å². The monoisotopic (exact) mass is 402 g/mol. The van der Waals surface area contributed by atoms with Gasteiger partial charge in [0.1, 0.15) is 11.5 Å². The van der Waals surface area contributed by atoms with Crippen LogP contribution < -0.4 is 5.32 Å². The number of nitrogens with zero attached hydrogens (tertiary/aromatic N) is 1. The fraction of sp³-hybridized carbons (Fsp3) is 0.421. The number of carbonyl (C=O) groups excluding carboxylic acids is 1. The van der Waals surface area contributed by atoms with Gasteiger partial charge in [-0.3, -0.25) is 4.79 Å². The first-order valence-corrected chi connectivity index (χ1v) is 8.59. The number of amides is 1. The van der Waals surface area contributed by atoms with Crippen LogP contribution in [0.25, 0.3) is 11.3 Å². The molecule has 1 amide bonds. The Bertz CT molecular complexity index is 772. The predicted octanol–water partition coefficient (Wildman–Crippen LogP) is 4.49. The van der Waals surface area contributed by atoms with Crippen molar-refractivity contribution in [2.75, 3.05) is 13.6 Å². The second-order valence-electron chi connectivity index (χ2n) is 6.42. The fourth-order valence-corrected chi connectivity index (χ4v) is 2.90. The lowest BCUT2D eigenvalue weighted by Gasteiger charge is -2.21. The average Bonchev–Trinajstić information content (AvgIpc) is 3.34. The van der Waals surface area contributed by atoms with Gasteiger partial charge >= 0.3 is 6.18 Å². The summed E-state index contributed by atoms with van der Waals surface area (Å²) in [6.07, 6.45) is -2.16. The lowest BCUT2D eigenvalue weighted by atomic mass is 10.1. The Morgan fingerprint density at radius 1 is 1.22 bits per heavy atom. The number of hydrogen-bond donors (Lipinski definition) is 1. The third-order valence-corrected chi connectivity index (χ3v) is 4.38. The predicted molar refractivity (Wildman–Crippen MR) is 98.5 cm³/mol. The molecule has 1 saturated carbocycles. The number of hydrogen-bond acceptors (Lipinski definition) is 3. The van der Waals surface area contributed by atoms with Gasteiger partial charge in [-0.1, -0.05) is 18.2 Å². The van der Waals surface area contributed by atoms with E-state index in [1.807, 2.05) is 0 Å². The topological polar surface area (TPSA) is 45.5 Å². The lowest BCUT2D eigenvalue weighted by molar-refractivity contribution is -0.137. The molecule has 1 heterocycles. The summed E-state index contributed by atoms with van der Waals surface area (Å²) in [4.78, 5) is 14.1. The molecule has 0 spiro atoms. The van der Waals surface area contributed by atoms with Crippen molar-refractivity contribution in [3.8, 4) is 11.3 Å². The third-order valence-electron chi connectivity index (χ3n) is 4.38. The molecule has 1 aliphatic carbocycles. The first kappa shape index (κ1) is 21.3. The number of halogens is 4. The molecule has 1 fully saturated rings. The molecule has 0 radical (unpaired) electrons. The van der Waals surface area contributed by atoms with Gasteiger partial charge in [-0.25, -0.2) is 0 Å². The molecule has 27 heavy (non-hydrogen) atoms. The maximum absolute atomic E-state index is 13.2. The zero-order valence-corrected chi connectivity index (χ0v) is 15.7. The molecule has 0 saturated heterocycles. The molecular formula is C19H22ClF3N2O2. The molecule has 4 nitrogen and oxygen atoms in total. The number of rotatable bonds is 7. The first-order valence-electron chi connectivity index (χ1n) is 8.59. The van der Waals surface area contributed by atoms with Crippen LogP contribution in [0.2, 0.25) is 0 Å². The summed E-state index contributed by atoms with van der Waals surface area (Å²) in [6.45, 7) is 0.867. The van der Waals surface area contributed by atoms with Gasteiger partial charge in [0.25, 0.3) is 0 Å². The number of benzene rings is 1. The summed E-state index contributed by atoms with van der Waals surface area (Å²) in [5.74, 6) is 0.670. The second-order valence-corrected chi connectivity index (χ2v) is 6.42. The molecule has 0 atom stereocenters. The van der Waals surface area contributed by atoms with Crippen molar-refractivity contribution < 1.29 is 22.4 Å². The van der Waals surface area contributed by atoms with Crippen molar-refractivity contribution in [2.24, 2.45) is 0 Å². The molecule has 0 bridgehead atoms. The van der Waals surface area contributed by atoms with Crippen LogP contribution >= 0.6 is 12.4 Å². The van der Waals surface area contributed by atoms with Crippen molar-refractivity contribution >= 4 is 18.3 Å². The number of alkyl halides is 3. The van der Waals surface area contributed by atoms with Gasteiger partial charge in [0.2, 0.25) is 5.91 Å². The quantitative estimate of drug-likeness (QED) is 0.742. The second kappa shape index (κ2) is 8.80. The minimum atomic E-state index is -4.45. The molecule has 148 valence electrons. The molecule has 0 unspecified atom stereocenters. The zero-order valence-electron chi connectivity index (χ0n) is 14.9. The Kier molecular flexibility index (Phi) is 6.95. The summed E-state index contributed by atoms with van der Waals surface area (Å²) in [7, 11) is 1.78. The van der Waals surface area contributed by atoms with E-state index in [2.05, 4.69) is 5.32 Å². The van der Waals surface area contributed by atoms with Crippen molar-refractivity contribution in [2.45, 2.75) is 38.0 Å². The van der Waals surface area contributed by atoms with Crippen LogP contribution in [0.15, 0.2) is 40.8 Å². The van der Waals surface area contributed by atoms with Gasteiger partial charge < -0.3 is 14.6 Å². The van der Waals surface area contributed by atoms with E-state index in [1.54, 1.807) is 24.1 Å². The molecule has 1 N–H and O–H groups in total. The van der Waals surface area contributed by atoms with E-state index < -0.39 is 11.7 Å². The molecule has 3 rings (SSSR count). The largest absolute Gasteiger partial charge is 0.459 e. The molecule has 1 aromatic carbocycles. The van der Waals surface area contributed by atoms with Crippen LogP contribution in [-0.2, 0) is 17.5 Å². The van der Waals surface area contributed by atoms with E-state index >= 15 is 0 Å². The summed E-state index contributed by atoms with van der Waals surface area (Å²) >= 11 is 0. The van der Waals surface area contributed by atoms with Crippen molar-refractivity contribution in [3.05, 3.63) is 47.7 Å². The highest BCUT2D eigenvalue weighted by atomic mass is 35.5. The molecule has 0 aliphatic heterocycles. The Balaban J connectivity index is 0.00000261. The van der Waals surface area contributed by atoms with E-state index in [9.17, 15) is 18.0 Å². The third kappa shape index (κ3) is 5.26. The lowest BCUT2D eigenvalue weighted by Crippen LogP contribution is -2.34. The molecule has 1 aliphatic rings. The van der Waals surface area contributed by atoms with Crippen LogP contribution in [-0.4, -0.2) is 30.4 Å². The van der Waals surface area contributed by atoms with Crippen LogP contribution in [0.4, 0.5) is 13.2 Å². The zero-order chi connectivity index (χ0) is 18.7. The van der Waals surface area contributed by atoms with Gasteiger partial charge in [0.05, 0.1) is 12.1 Å². The Morgan fingerprint density at radius 2 is 1.93 bits per heavy atom. The molecule has 8 heteroatoms. The fourth-order valence-electron chi connectivity index (χ4n) is 2.90. The maximum Gasteiger partial charge on any atom is 0.417 e. The minimum absolute atomic E-state index is 0. The number of furan rings is 1. The van der Waals surface area contributed by atoms with E-state index in [-0.39, 0.29) is 42.2 Å². The number of nitrogens with one attached hydrogen (secondary N) is 1. The van der Waals surface area contributed by atoms with Gasteiger partial charge in [-0.05, 0) is 38.1 Å². The Morgan fingerprint density at radius 3 is 2.56 bits per heavy atom. The summed E-state index contributed by atoms with van der Waals surface area (Å²) in [5, 5.41) is 2.95. The summed E-state index contributed by atoms with van der Waals surface area (Å²) in [6, 6.07) is 8.70. The van der Waals surface area contributed by atoms with Crippen LogP contribution in [0.5, 0.6) is 0 Å². The smallest absolute Gasteiger partial charge is 0.417 e. The van der Waals surface area contributed by atoms with Crippen LogP contribution in [0.1, 0.15) is 30.6 Å². The highest BCUT2D eigenvalue weighted by Gasteiger charge is 2.35. The van der Waals surface area contributed by atoms with E-state index in [0.29, 0.717) is 18.7 Å². The van der Waals surface area contributed by atoms with E-state index in [4.69, 9.17) is 4.42 Å². The number of carbonyl (C=O) groups is 1. The summed E-state index contributed by atoms with van der Waals surface area (Å²) in [5.41, 5.74) is -0.726. The van der Waals surface area contributed by atoms with Crippen LogP contribution in [0, 0.1) is 0 Å². The Labute approximate surface area is 162 Å². The average molecular weight is 403 g/mol. The highest BCUT2D eigenvalue weighted by molar-refractivity contribution is 5.85. The first-order chi connectivity index (χ1) is 12.4. The molecular weight excluding hydrogens is 381 g/mol. The normalized spacial score (nSPS) is 13.9.